The number of benzene rings is 1. The highest BCUT2D eigenvalue weighted by atomic mass is 16.8. The lowest BCUT2D eigenvalue weighted by atomic mass is 9.72. The van der Waals surface area contributed by atoms with E-state index in [9.17, 15) is 15.0 Å². The molecule has 5 atom stereocenters. The summed E-state index contributed by atoms with van der Waals surface area (Å²) in [4.78, 5) is 12.7. The first kappa shape index (κ1) is 15.2. The third-order valence-corrected chi connectivity index (χ3v) is 5.42. The number of nitrogens with one attached hydrogen (secondary N) is 1. The van der Waals surface area contributed by atoms with Crippen molar-refractivity contribution in [1.82, 2.24) is 5.32 Å². The van der Waals surface area contributed by atoms with Crippen LogP contribution < -0.4 is 14.8 Å². The van der Waals surface area contributed by atoms with E-state index in [0.29, 0.717) is 17.7 Å². The van der Waals surface area contributed by atoms with Crippen LogP contribution in [0, 0.1) is 0 Å². The molecule has 1 aromatic rings. The van der Waals surface area contributed by atoms with Gasteiger partial charge in [0.1, 0.15) is 12.2 Å². The van der Waals surface area contributed by atoms with Gasteiger partial charge in [0.15, 0.2) is 17.3 Å². The second kappa shape index (κ2) is 4.78. The number of ether oxygens (including phenoxy) is 4. The molecular weight excluding hydrogens is 330 g/mol. The second-order valence-corrected chi connectivity index (χ2v) is 7.40. The van der Waals surface area contributed by atoms with Gasteiger partial charge in [0, 0.05) is 5.92 Å². The van der Waals surface area contributed by atoms with Crippen LogP contribution >= 0.6 is 0 Å². The number of phenolic OH excluding ortho intramolecular Hbond substituents is 1. The molecule has 1 amide bonds. The highest BCUT2D eigenvalue weighted by Crippen LogP contribution is 2.51. The molecule has 8 nitrogen and oxygen atoms in total. The van der Waals surface area contributed by atoms with E-state index in [-0.39, 0.29) is 35.8 Å². The number of rotatable bonds is 0. The van der Waals surface area contributed by atoms with Gasteiger partial charge < -0.3 is 34.5 Å². The SMILES string of the molecule is CC1(C)O[C@H]2[C@@H]3NC(=O)c4c(cc5c(c4O)OCO5)[C@H]3C[C@H](O)[C@H]2O1. The molecule has 0 bridgehead atoms. The summed E-state index contributed by atoms with van der Waals surface area (Å²) in [6.45, 7) is 3.57. The van der Waals surface area contributed by atoms with Crippen molar-refractivity contribution in [2.75, 3.05) is 6.79 Å². The van der Waals surface area contributed by atoms with Crippen LogP contribution in [0.15, 0.2) is 6.07 Å². The quantitative estimate of drug-likeness (QED) is 0.630. The highest BCUT2D eigenvalue weighted by molar-refractivity contribution is 6.01. The highest BCUT2D eigenvalue weighted by Gasteiger charge is 2.56. The standard InChI is InChI=1S/C17H19NO7/c1-17(2)24-13-8(19)3-7-6-4-9-14(23-5-22-9)12(20)10(6)16(21)18-11(7)15(13)25-17/h4,7-8,11,13,15,19-20H,3,5H2,1-2H3,(H,18,21)/t7-,8+,11-,13-,15+/m1/s1. The molecule has 0 radical (unpaired) electrons. The predicted molar refractivity (Wildman–Crippen MR) is 82.7 cm³/mol. The van der Waals surface area contributed by atoms with Crippen molar-refractivity contribution in [3.63, 3.8) is 0 Å². The number of phenols is 1. The molecular formula is C17H19NO7. The smallest absolute Gasteiger partial charge is 0.255 e. The van der Waals surface area contributed by atoms with E-state index in [1.165, 1.54) is 0 Å². The molecule has 8 heteroatoms. The monoisotopic (exact) mass is 349 g/mol. The van der Waals surface area contributed by atoms with E-state index < -0.39 is 30.0 Å². The third kappa shape index (κ3) is 2.01. The van der Waals surface area contributed by atoms with Gasteiger partial charge in [-0.3, -0.25) is 4.79 Å². The second-order valence-electron chi connectivity index (χ2n) is 7.40. The molecule has 134 valence electrons. The maximum Gasteiger partial charge on any atom is 0.255 e. The Bertz CT molecular complexity index is 777. The van der Waals surface area contributed by atoms with Gasteiger partial charge in [-0.05, 0) is 31.9 Å². The molecule has 0 unspecified atom stereocenters. The topological polar surface area (TPSA) is 106 Å². The first-order valence-electron chi connectivity index (χ1n) is 8.36. The molecule has 5 rings (SSSR count). The number of fused-ring (bicyclic) bond motifs is 6. The molecule has 0 spiro atoms. The largest absolute Gasteiger partial charge is 0.504 e. The number of aromatic hydroxyl groups is 1. The van der Waals surface area contributed by atoms with E-state index in [1.807, 2.05) is 0 Å². The summed E-state index contributed by atoms with van der Waals surface area (Å²) >= 11 is 0. The Balaban J connectivity index is 1.62. The Morgan fingerprint density at radius 2 is 2.00 bits per heavy atom. The first-order valence-corrected chi connectivity index (χ1v) is 8.36. The van der Waals surface area contributed by atoms with Crippen molar-refractivity contribution in [3.8, 4) is 17.2 Å². The fraction of sp³-hybridized carbons (Fsp3) is 0.588. The molecule has 3 N–H and O–H groups in total. The van der Waals surface area contributed by atoms with Crippen LogP contribution in [0.3, 0.4) is 0 Å². The Hall–Kier alpha value is -2.03. The summed E-state index contributed by atoms with van der Waals surface area (Å²) < 4.78 is 22.4. The van der Waals surface area contributed by atoms with Crippen LogP contribution in [0.5, 0.6) is 17.2 Å². The average Bonchev–Trinajstić information content (AvgIpc) is 3.12. The fourth-order valence-electron chi connectivity index (χ4n) is 4.46. The maximum atomic E-state index is 12.7. The summed E-state index contributed by atoms with van der Waals surface area (Å²) in [5.74, 6) is -1.07. The zero-order valence-corrected chi connectivity index (χ0v) is 13.8. The normalized spacial score (nSPS) is 37.1. The number of aliphatic hydroxyl groups is 1. The Kier molecular flexibility index (Phi) is 2.91. The van der Waals surface area contributed by atoms with Gasteiger partial charge in [-0.15, -0.1) is 0 Å². The van der Waals surface area contributed by atoms with Crippen LogP contribution in [-0.4, -0.2) is 53.1 Å². The molecule has 4 aliphatic rings. The molecule has 2 fully saturated rings. The molecule has 3 heterocycles. The summed E-state index contributed by atoms with van der Waals surface area (Å²) in [6, 6.07) is 1.37. The maximum absolute atomic E-state index is 12.7. The van der Waals surface area contributed by atoms with Crippen LogP contribution in [0.4, 0.5) is 0 Å². The van der Waals surface area contributed by atoms with Crippen molar-refractivity contribution in [2.24, 2.45) is 0 Å². The van der Waals surface area contributed by atoms with Gasteiger partial charge in [0.2, 0.25) is 12.5 Å². The Morgan fingerprint density at radius 1 is 1.24 bits per heavy atom. The van der Waals surface area contributed by atoms with Crippen LogP contribution in [0.25, 0.3) is 0 Å². The van der Waals surface area contributed by atoms with E-state index in [2.05, 4.69) is 5.32 Å². The number of amides is 1. The molecule has 1 saturated carbocycles. The molecule has 1 saturated heterocycles. The van der Waals surface area contributed by atoms with Crippen molar-refractivity contribution in [2.45, 2.75) is 56.3 Å². The number of aliphatic hydroxyl groups excluding tert-OH is 1. The predicted octanol–water partition coefficient (Wildman–Crippen LogP) is 0.601. The Morgan fingerprint density at radius 3 is 2.80 bits per heavy atom. The van der Waals surface area contributed by atoms with Gasteiger partial charge in [-0.25, -0.2) is 0 Å². The van der Waals surface area contributed by atoms with Crippen molar-refractivity contribution in [3.05, 3.63) is 17.2 Å². The minimum Gasteiger partial charge on any atom is -0.504 e. The Labute approximate surface area is 143 Å². The molecule has 3 aliphatic heterocycles. The lowest BCUT2D eigenvalue weighted by molar-refractivity contribution is -0.153. The lowest BCUT2D eigenvalue weighted by Crippen LogP contribution is -2.60. The van der Waals surface area contributed by atoms with Crippen molar-refractivity contribution < 1.29 is 34.0 Å². The first-order chi connectivity index (χ1) is 11.9. The minimum atomic E-state index is -0.826. The number of carbonyl (C=O) groups is 1. The van der Waals surface area contributed by atoms with Crippen LogP contribution in [0.1, 0.15) is 42.1 Å². The minimum absolute atomic E-state index is 0.0000342. The molecule has 0 aromatic heterocycles. The zero-order valence-electron chi connectivity index (χ0n) is 13.8. The summed E-state index contributed by atoms with van der Waals surface area (Å²) in [5.41, 5.74) is 0.815. The van der Waals surface area contributed by atoms with Gasteiger partial charge in [-0.2, -0.15) is 0 Å². The number of hydrogen-bond donors (Lipinski definition) is 3. The van der Waals surface area contributed by atoms with Crippen LogP contribution in [0.2, 0.25) is 0 Å². The summed E-state index contributed by atoms with van der Waals surface area (Å²) in [6.07, 6.45) is -1.31. The average molecular weight is 349 g/mol. The zero-order chi connectivity index (χ0) is 17.5. The van der Waals surface area contributed by atoms with E-state index in [1.54, 1.807) is 19.9 Å². The van der Waals surface area contributed by atoms with Gasteiger partial charge in [0.25, 0.3) is 5.91 Å². The number of hydrogen-bond acceptors (Lipinski definition) is 7. The number of carbonyl (C=O) groups excluding carboxylic acids is 1. The molecule has 25 heavy (non-hydrogen) atoms. The van der Waals surface area contributed by atoms with E-state index >= 15 is 0 Å². The van der Waals surface area contributed by atoms with Gasteiger partial charge in [-0.1, -0.05) is 0 Å². The van der Waals surface area contributed by atoms with Gasteiger partial charge >= 0.3 is 0 Å². The lowest BCUT2D eigenvalue weighted by Gasteiger charge is -2.44. The summed E-state index contributed by atoms with van der Waals surface area (Å²) in [5, 5.41) is 24.0. The van der Waals surface area contributed by atoms with Crippen LogP contribution in [-0.2, 0) is 9.47 Å². The molecule has 1 aromatic carbocycles. The van der Waals surface area contributed by atoms with Gasteiger partial charge in [0.05, 0.1) is 17.7 Å². The van der Waals surface area contributed by atoms with Crippen molar-refractivity contribution in [1.29, 1.82) is 0 Å². The molecule has 1 aliphatic carbocycles. The van der Waals surface area contributed by atoms with E-state index in [0.717, 1.165) is 0 Å². The van der Waals surface area contributed by atoms with E-state index in [4.69, 9.17) is 18.9 Å². The third-order valence-electron chi connectivity index (χ3n) is 5.42. The fourth-order valence-corrected chi connectivity index (χ4v) is 4.46. The summed E-state index contributed by atoms with van der Waals surface area (Å²) in [7, 11) is 0. The van der Waals surface area contributed by atoms with Crippen molar-refractivity contribution >= 4 is 5.91 Å².